The summed E-state index contributed by atoms with van der Waals surface area (Å²) in [5.74, 6) is 1.87. The van der Waals surface area contributed by atoms with Gasteiger partial charge in [0.15, 0.2) is 0 Å². The monoisotopic (exact) mass is 424 g/mol. The number of benzene rings is 1. The lowest BCUT2D eigenvalue weighted by atomic mass is 9.99. The second kappa shape index (κ2) is 11.7. The van der Waals surface area contributed by atoms with Gasteiger partial charge in [0.05, 0.1) is 25.0 Å². The molecule has 5 heteroatoms. The molecule has 0 atom stereocenters. The number of hydrogen-bond acceptors (Lipinski definition) is 5. The molecule has 1 N–H and O–H groups in total. The van der Waals surface area contributed by atoms with Crippen LogP contribution in [-0.2, 0) is 24.0 Å². The minimum Gasteiger partial charge on any atom is -0.491 e. The molecular weight excluding hydrogens is 388 g/mol. The third-order valence-electron chi connectivity index (χ3n) is 5.10. The molecular formula is C26H36N2O3. The first kappa shape index (κ1) is 24.6. The molecule has 1 aromatic carbocycles. The lowest BCUT2D eigenvalue weighted by molar-refractivity contribution is 0.199. The highest BCUT2D eigenvalue weighted by atomic mass is 16.5. The summed E-state index contributed by atoms with van der Waals surface area (Å²) in [5, 5.41) is 9.08. The number of ether oxygens (including phenoxy) is 2. The Kier molecular flexibility index (Phi) is 9.25. The van der Waals surface area contributed by atoms with Gasteiger partial charge in [0.1, 0.15) is 12.4 Å². The first-order valence-corrected chi connectivity index (χ1v) is 11.0. The van der Waals surface area contributed by atoms with Crippen molar-refractivity contribution < 1.29 is 14.6 Å². The maximum absolute atomic E-state index is 9.08. The molecule has 168 valence electrons. The minimum absolute atomic E-state index is 0.0117. The molecule has 0 saturated heterocycles. The van der Waals surface area contributed by atoms with Gasteiger partial charge >= 0.3 is 0 Å². The normalized spacial score (nSPS) is 11.7. The molecule has 0 unspecified atom stereocenters. The van der Waals surface area contributed by atoms with E-state index in [0.717, 1.165) is 53.0 Å². The molecule has 2 rings (SSSR count). The smallest absolute Gasteiger partial charge is 0.222 e. The summed E-state index contributed by atoms with van der Waals surface area (Å²) in [6.45, 7) is 15.1. The second-order valence-electron chi connectivity index (χ2n) is 8.06. The van der Waals surface area contributed by atoms with Gasteiger partial charge in [-0.15, -0.1) is 0 Å². The zero-order valence-electron chi connectivity index (χ0n) is 19.8. The van der Waals surface area contributed by atoms with E-state index >= 15 is 0 Å². The van der Waals surface area contributed by atoms with E-state index in [9.17, 15) is 0 Å². The first-order valence-electron chi connectivity index (χ1n) is 11.0. The van der Waals surface area contributed by atoms with Crippen molar-refractivity contribution in [2.45, 2.75) is 53.9 Å². The number of hydrogen-bond donors (Lipinski definition) is 1. The topological polar surface area (TPSA) is 63.9 Å². The van der Waals surface area contributed by atoms with Crippen molar-refractivity contribution in [3.8, 4) is 5.75 Å². The van der Waals surface area contributed by atoms with E-state index in [2.05, 4.69) is 45.3 Å². The summed E-state index contributed by atoms with van der Waals surface area (Å²) >= 11 is 0. The second-order valence-corrected chi connectivity index (χ2v) is 8.06. The Morgan fingerprint density at radius 3 is 2.42 bits per heavy atom. The van der Waals surface area contributed by atoms with Crippen LogP contribution in [0.25, 0.3) is 5.70 Å². The van der Waals surface area contributed by atoms with Crippen molar-refractivity contribution in [3.63, 3.8) is 0 Å². The van der Waals surface area contributed by atoms with E-state index in [1.807, 2.05) is 25.3 Å². The molecule has 31 heavy (non-hydrogen) atoms. The average molecular weight is 425 g/mol. The maximum atomic E-state index is 9.08. The van der Waals surface area contributed by atoms with E-state index < -0.39 is 0 Å². The molecule has 0 bridgehead atoms. The number of aliphatic hydroxyl groups excluding tert-OH is 1. The van der Waals surface area contributed by atoms with Crippen LogP contribution in [0.1, 0.15) is 61.2 Å². The lowest BCUT2D eigenvalue weighted by Crippen LogP contribution is -2.09. The van der Waals surface area contributed by atoms with Gasteiger partial charge in [-0.05, 0) is 67.0 Å². The molecule has 2 aromatic rings. The molecule has 0 radical (unpaired) electrons. The number of rotatable bonds is 10. The van der Waals surface area contributed by atoms with Crippen molar-refractivity contribution in [2.24, 2.45) is 10.9 Å². The molecule has 0 fully saturated rings. The average Bonchev–Trinajstić information content (AvgIpc) is 2.75. The number of aliphatic imine (C=N–C) groups is 1. The van der Waals surface area contributed by atoms with Crippen LogP contribution in [-0.4, -0.2) is 36.3 Å². The molecule has 0 spiro atoms. The molecule has 0 aliphatic heterocycles. The van der Waals surface area contributed by atoms with E-state index in [0.29, 0.717) is 17.5 Å². The van der Waals surface area contributed by atoms with Gasteiger partial charge in [0.2, 0.25) is 5.90 Å². The van der Waals surface area contributed by atoms with Crippen molar-refractivity contribution in [1.29, 1.82) is 0 Å². The van der Waals surface area contributed by atoms with Crippen LogP contribution in [0.5, 0.6) is 5.75 Å². The van der Waals surface area contributed by atoms with Gasteiger partial charge in [-0.25, -0.2) is 4.99 Å². The molecule has 0 aliphatic rings. The number of aromatic nitrogens is 1. The van der Waals surface area contributed by atoms with E-state index in [1.165, 1.54) is 5.56 Å². The quantitative estimate of drug-likeness (QED) is 0.423. The molecule has 1 aromatic heterocycles. The molecule has 0 amide bonds. The highest BCUT2D eigenvalue weighted by Crippen LogP contribution is 2.29. The van der Waals surface area contributed by atoms with Crippen molar-refractivity contribution >= 4 is 11.6 Å². The Balaban J connectivity index is 2.41. The zero-order chi connectivity index (χ0) is 23.0. The van der Waals surface area contributed by atoms with Gasteiger partial charge in [-0.1, -0.05) is 34.3 Å². The third kappa shape index (κ3) is 6.41. The van der Waals surface area contributed by atoms with Crippen LogP contribution >= 0.6 is 0 Å². The highest BCUT2D eigenvalue weighted by Gasteiger charge is 2.14. The van der Waals surface area contributed by atoms with Crippen molar-refractivity contribution in [2.75, 3.05) is 20.3 Å². The summed E-state index contributed by atoms with van der Waals surface area (Å²) in [6, 6.07) is 6.19. The fourth-order valence-corrected chi connectivity index (χ4v) is 3.64. The van der Waals surface area contributed by atoms with Crippen LogP contribution < -0.4 is 4.74 Å². The molecule has 0 aliphatic carbocycles. The Morgan fingerprint density at radius 2 is 1.84 bits per heavy atom. The van der Waals surface area contributed by atoms with Gasteiger partial charge in [0.25, 0.3) is 0 Å². The predicted molar refractivity (Wildman–Crippen MR) is 128 cm³/mol. The molecule has 0 saturated carbocycles. The van der Waals surface area contributed by atoms with E-state index in [-0.39, 0.29) is 13.2 Å². The Bertz CT molecular complexity index is 932. The van der Waals surface area contributed by atoms with E-state index in [1.54, 1.807) is 7.11 Å². The third-order valence-corrected chi connectivity index (χ3v) is 5.10. The number of aliphatic hydroxyl groups is 1. The number of methoxy groups -OCH3 is 1. The van der Waals surface area contributed by atoms with Gasteiger partial charge in [0, 0.05) is 17.5 Å². The Hall–Kier alpha value is -2.66. The highest BCUT2D eigenvalue weighted by molar-refractivity contribution is 5.97. The summed E-state index contributed by atoms with van der Waals surface area (Å²) in [5.41, 5.74) is 6.80. The summed E-state index contributed by atoms with van der Waals surface area (Å²) in [6.07, 6.45) is 4.51. The fraction of sp³-hybridized carbons (Fsp3) is 0.462. The van der Waals surface area contributed by atoms with Crippen LogP contribution in [0, 0.1) is 12.8 Å². The minimum atomic E-state index is -0.0117. The van der Waals surface area contributed by atoms with E-state index in [4.69, 9.17) is 19.6 Å². The lowest BCUT2D eigenvalue weighted by Gasteiger charge is -2.16. The number of nitrogens with zero attached hydrogens (tertiary/aromatic N) is 2. The van der Waals surface area contributed by atoms with Crippen molar-refractivity contribution in [3.05, 3.63) is 64.5 Å². The van der Waals surface area contributed by atoms with Gasteiger partial charge < -0.3 is 14.6 Å². The summed E-state index contributed by atoms with van der Waals surface area (Å²) in [4.78, 5) is 9.35. The van der Waals surface area contributed by atoms with Gasteiger partial charge in [-0.3, -0.25) is 4.98 Å². The van der Waals surface area contributed by atoms with Crippen molar-refractivity contribution in [1.82, 2.24) is 4.98 Å². The van der Waals surface area contributed by atoms with Crippen LogP contribution in [0.15, 0.2) is 36.0 Å². The molecule has 5 nitrogen and oxygen atoms in total. The first-order chi connectivity index (χ1) is 14.8. The van der Waals surface area contributed by atoms with Crippen LogP contribution in [0.3, 0.4) is 0 Å². The van der Waals surface area contributed by atoms with Gasteiger partial charge in [-0.2, -0.15) is 0 Å². The number of aryl methyl sites for hydroxylation is 3. The molecule has 1 heterocycles. The SMILES string of the molecule is C=C(N=C(OC)c1cnc(CC)c(CC(C)C)c1)c1cc(C)c(OCCO)c(CC)c1. The fourth-order valence-electron chi connectivity index (χ4n) is 3.64. The largest absolute Gasteiger partial charge is 0.491 e. The summed E-state index contributed by atoms with van der Waals surface area (Å²) in [7, 11) is 1.62. The Labute approximate surface area is 186 Å². The van der Waals surface area contributed by atoms with Crippen LogP contribution in [0.4, 0.5) is 0 Å². The zero-order valence-corrected chi connectivity index (χ0v) is 19.8. The number of pyridine rings is 1. The summed E-state index contributed by atoms with van der Waals surface area (Å²) < 4.78 is 11.4. The Morgan fingerprint density at radius 1 is 1.13 bits per heavy atom. The standard InChI is InChI=1S/C26H36N2O3/c1-8-20-14-21(13-18(5)25(20)31-11-10-29)19(6)28-26(30-7)23-15-22(12-17(3)4)24(9-2)27-16-23/h13-17,29H,6,8-12H2,1-5,7H3. The van der Waals surface area contributed by atoms with Crippen LogP contribution in [0.2, 0.25) is 0 Å². The maximum Gasteiger partial charge on any atom is 0.222 e. The predicted octanol–water partition coefficient (Wildman–Crippen LogP) is 5.15.